The van der Waals surface area contributed by atoms with E-state index in [4.69, 9.17) is 4.74 Å². The molecule has 2 aliphatic heterocycles. The van der Waals surface area contributed by atoms with E-state index in [-0.39, 0.29) is 12.2 Å². The SMILES string of the molecule is CC1(N2CCC(O)CC2)COC(=O)N1c1ccccc1. The molecule has 0 aromatic heterocycles. The molecule has 5 heteroatoms. The summed E-state index contributed by atoms with van der Waals surface area (Å²) in [6.45, 7) is 3.94. The average Bonchev–Trinajstić information content (AvgIpc) is 2.77. The van der Waals surface area contributed by atoms with Crippen LogP contribution in [0.5, 0.6) is 0 Å². The van der Waals surface area contributed by atoms with Gasteiger partial charge in [0, 0.05) is 18.8 Å². The number of cyclic esters (lactones) is 1. The lowest BCUT2D eigenvalue weighted by Gasteiger charge is -2.44. The van der Waals surface area contributed by atoms with Crippen LogP contribution in [0.2, 0.25) is 0 Å². The van der Waals surface area contributed by atoms with Gasteiger partial charge in [-0.15, -0.1) is 0 Å². The maximum absolute atomic E-state index is 12.1. The number of carbonyl (C=O) groups excluding carboxylic acids is 1. The van der Waals surface area contributed by atoms with Gasteiger partial charge < -0.3 is 9.84 Å². The van der Waals surface area contributed by atoms with Crippen molar-refractivity contribution in [3.05, 3.63) is 30.3 Å². The second-order valence-corrected chi connectivity index (χ2v) is 5.66. The van der Waals surface area contributed by atoms with Crippen molar-refractivity contribution in [2.45, 2.75) is 31.5 Å². The van der Waals surface area contributed by atoms with Gasteiger partial charge in [0.05, 0.1) is 6.10 Å². The van der Waals surface area contributed by atoms with Crippen molar-refractivity contribution >= 4 is 11.8 Å². The van der Waals surface area contributed by atoms with Gasteiger partial charge >= 0.3 is 6.09 Å². The Morgan fingerprint density at radius 2 is 1.90 bits per heavy atom. The van der Waals surface area contributed by atoms with Crippen LogP contribution < -0.4 is 4.90 Å². The first-order valence-corrected chi connectivity index (χ1v) is 7.06. The number of aliphatic hydroxyl groups is 1. The van der Waals surface area contributed by atoms with Gasteiger partial charge in [0.15, 0.2) is 0 Å². The molecule has 2 saturated heterocycles. The quantitative estimate of drug-likeness (QED) is 0.895. The Kier molecular flexibility index (Phi) is 3.40. The Hall–Kier alpha value is -1.59. The summed E-state index contributed by atoms with van der Waals surface area (Å²) in [6, 6.07) is 9.61. The molecule has 108 valence electrons. The third-order valence-electron chi connectivity index (χ3n) is 4.29. The number of benzene rings is 1. The van der Waals surface area contributed by atoms with Crippen molar-refractivity contribution in [3.8, 4) is 0 Å². The Bertz CT molecular complexity index is 485. The number of ether oxygens (including phenoxy) is 1. The maximum Gasteiger partial charge on any atom is 0.416 e. The van der Waals surface area contributed by atoms with Crippen molar-refractivity contribution in [1.82, 2.24) is 4.90 Å². The van der Waals surface area contributed by atoms with E-state index in [1.807, 2.05) is 37.3 Å². The highest BCUT2D eigenvalue weighted by molar-refractivity contribution is 5.91. The highest BCUT2D eigenvalue weighted by atomic mass is 16.6. The van der Waals surface area contributed by atoms with Crippen molar-refractivity contribution in [1.29, 1.82) is 0 Å². The van der Waals surface area contributed by atoms with Gasteiger partial charge in [-0.3, -0.25) is 9.80 Å². The molecule has 1 atom stereocenters. The number of nitrogens with zero attached hydrogens (tertiary/aromatic N) is 2. The lowest BCUT2D eigenvalue weighted by atomic mass is 10.0. The second kappa shape index (κ2) is 5.07. The highest BCUT2D eigenvalue weighted by Gasteiger charge is 2.49. The molecule has 2 heterocycles. The summed E-state index contributed by atoms with van der Waals surface area (Å²) in [5.74, 6) is 0. The zero-order valence-electron chi connectivity index (χ0n) is 11.7. The van der Waals surface area contributed by atoms with Crippen LogP contribution in [-0.4, -0.2) is 47.6 Å². The van der Waals surface area contributed by atoms with E-state index in [1.54, 1.807) is 4.90 Å². The lowest BCUT2D eigenvalue weighted by molar-refractivity contribution is 0.0186. The fraction of sp³-hybridized carbons (Fsp3) is 0.533. The normalized spacial score (nSPS) is 28.7. The van der Waals surface area contributed by atoms with Crippen molar-refractivity contribution in [2.75, 3.05) is 24.6 Å². The minimum atomic E-state index is -0.474. The van der Waals surface area contributed by atoms with Crippen molar-refractivity contribution in [3.63, 3.8) is 0 Å². The largest absolute Gasteiger partial charge is 0.445 e. The number of para-hydroxylation sites is 1. The number of piperidine rings is 1. The maximum atomic E-state index is 12.1. The molecular weight excluding hydrogens is 256 g/mol. The van der Waals surface area contributed by atoms with Gasteiger partial charge in [-0.1, -0.05) is 18.2 Å². The van der Waals surface area contributed by atoms with Gasteiger partial charge in [-0.2, -0.15) is 0 Å². The Balaban J connectivity index is 1.89. The van der Waals surface area contributed by atoms with Gasteiger partial charge in [0.1, 0.15) is 12.3 Å². The molecule has 0 bridgehead atoms. The van der Waals surface area contributed by atoms with Crippen LogP contribution in [0.3, 0.4) is 0 Å². The van der Waals surface area contributed by atoms with Gasteiger partial charge in [0.25, 0.3) is 0 Å². The number of aliphatic hydroxyl groups excluding tert-OH is 1. The molecule has 20 heavy (non-hydrogen) atoms. The fourth-order valence-corrected chi connectivity index (χ4v) is 3.07. The van der Waals surface area contributed by atoms with Crippen LogP contribution in [-0.2, 0) is 4.74 Å². The molecule has 1 aromatic rings. The number of carbonyl (C=O) groups is 1. The van der Waals surface area contributed by atoms with E-state index in [9.17, 15) is 9.90 Å². The average molecular weight is 276 g/mol. The molecule has 0 aliphatic carbocycles. The zero-order valence-corrected chi connectivity index (χ0v) is 11.7. The minimum Gasteiger partial charge on any atom is -0.445 e. The summed E-state index contributed by atoms with van der Waals surface area (Å²) in [5, 5.41) is 9.65. The monoisotopic (exact) mass is 276 g/mol. The van der Waals surface area contributed by atoms with Crippen LogP contribution in [0.25, 0.3) is 0 Å². The molecule has 2 aliphatic rings. The molecule has 2 fully saturated rings. The van der Waals surface area contributed by atoms with E-state index in [2.05, 4.69) is 4.90 Å². The molecule has 1 unspecified atom stereocenters. The van der Waals surface area contributed by atoms with Crippen LogP contribution in [0, 0.1) is 0 Å². The molecule has 3 rings (SSSR count). The zero-order chi connectivity index (χ0) is 14.2. The summed E-state index contributed by atoms with van der Waals surface area (Å²) in [4.78, 5) is 16.1. The van der Waals surface area contributed by atoms with Gasteiger partial charge in [-0.25, -0.2) is 4.79 Å². The molecule has 1 aromatic carbocycles. The molecule has 0 spiro atoms. The summed E-state index contributed by atoms with van der Waals surface area (Å²) in [6.07, 6.45) is 0.960. The van der Waals surface area contributed by atoms with Gasteiger partial charge in [-0.05, 0) is 31.9 Å². The Labute approximate surface area is 118 Å². The summed E-state index contributed by atoms with van der Waals surface area (Å²) >= 11 is 0. The van der Waals surface area contributed by atoms with E-state index < -0.39 is 5.66 Å². The number of hydrogen-bond donors (Lipinski definition) is 1. The third kappa shape index (κ3) is 2.17. The highest BCUT2D eigenvalue weighted by Crippen LogP contribution is 2.34. The number of rotatable bonds is 2. The molecule has 1 amide bonds. The van der Waals surface area contributed by atoms with E-state index in [0.717, 1.165) is 31.6 Å². The molecule has 5 nitrogen and oxygen atoms in total. The smallest absolute Gasteiger partial charge is 0.416 e. The summed E-state index contributed by atoms with van der Waals surface area (Å²) < 4.78 is 5.30. The van der Waals surface area contributed by atoms with E-state index in [0.29, 0.717) is 6.61 Å². The Morgan fingerprint density at radius 3 is 2.55 bits per heavy atom. The predicted molar refractivity (Wildman–Crippen MR) is 75.5 cm³/mol. The van der Waals surface area contributed by atoms with Gasteiger partial charge in [0.2, 0.25) is 0 Å². The number of likely N-dealkylation sites (tertiary alicyclic amines) is 1. The van der Waals surface area contributed by atoms with Crippen LogP contribution >= 0.6 is 0 Å². The van der Waals surface area contributed by atoms with Crippen molar-refractivity contribution in [2.24, 2.45) is 0 Å². The third-order valence-corrected chi connectivity index (χ3v) is 4.29. The Morgan fingerprint density at radius 1 is 1.25 bits per heavy atom. The number of anilines is 1. The molecular formula is C15H20N2O3. The first-order chi connectivity index (χ1) is 9.61. The first kappa shape index (κ1) is 13.4. The van der Waals surface area contributed by atoms with E-state index >= 15 is 0 Å². The van der Waals surface area contributed by atoms with E-state index in [1.165, 1.54) is 0 Å². The standard InChI is InChI=1S/C15H20N2O3/c1-15(16-9-7-13(18)8-10-16)11-20-14(19)17(15)12-5-3-2-4-6-12/h2-6,13,18H,7-11H2,1H3. The molecule has 0 radical (unpaired) electrons. The molecule has 1 N–H and O–H groups in total. The summed E-state index contributed by atoms with van der Waals surface area (Å²) in [7, 11) is 0. The molecule has 0 saturated carbocycles. The number of hydrogen-bond acceptors (Lipinski definition) is 4. The first-order valence-electron chi connectivity index (χ1n) is 7.06. The lowest BCUT2D eigenvalue weighted by Crippen LogP contribution is -2.60. The van der Waals surface area contributed by atoms with Crippen LogP contribution in [0.15, 0.2) is 30.3 Å². The van der Waals surface area contributed by atoms with Crippen molar-refractivity contribution < 1.29 is 14.6 Å². The van der Waals surface area contributed by atoms with Crippen LogP contribution in [0.4, 0.5) is 10.5 Å². The van der Waals surface area contributed by atoms with Crippen LogP contribution in [0.1, 0.15) is 19.8 Å². The predicted octanol–water partition coefficient (Wildman–Crippen LogP) is 1.82. The second-order valence-electron chi connectivity index (χ2n) is 5.66. The summed E-state index contributed by atoms with van der Waals surface area (Å²) in [5.41, 5.74) is 0.377. The number of amides is 1. The topological polar surface area (TPSA) is 53.0 Å². The minimum absolute atomic E-state index is 0.224. The fourth-order valence-electron chi connectivity index (χ4n) is 3.07.